The fraction of sp³-hybridized carbons (Fsp3) is 0.500. The summed E-state index contributed by atoms with van der Waals surface area (Å²) in [5.74, 6) is 1.55. The first-order valence-corrected chi connectivity index (χ1v) is 9.63. The predicted molar refractivity (Wildman–Crippen MR) is 102 cm³/mol. The van der Waals surface area contributed by atoms with Crippen molar-refractivity contribution in [3.05, 3.63) is 59.4 Å². The predicted octanol–water partition coefficient (Wildman–Crippen LogP) is 3.70. The minimum atomic E-state index is 0.487. The number of aryl methyl sites for hydroxylation is 1. The fourth-order valence-corrected chi connectivity index (χ4v) is 3.90. The molecule has 3 heteroatoms. The molecule has 2 aromatic rings. The molecule has 2 heterocycles. The molecule has 3 nitrogen and oxygen atoms in total. The van der Waals surface area contributed by atoms with Gasteiger partial charge in [0.25, 0.3) is 0 Å². The lowest BCUT2D eigenvalue weighted by atomic mass is 9.96. The average molecular weight is 340 g/mol. The molecule has 0 amide bonds. The summed E-state index contributed by atoms with van der Waals surface area (Å²) in [6.45, 7) is 9.64. The number of nitrogens with one attached hydrogen (secondary N) is 1. The topological polar surface area (TPSA) is 26.6 Å². The van der Waals surface area contributed by atoms with E-state index in [-0.39, 0.29) is 0 Å². The summed E-state index contributed by atoms with van der Waals surface area (Å²) in [5, 5.41) is 0. The number of benzene rings is 1. The van der Waals surface area contributed by atoms with Gasteiger partial charge in [-0.1, -0.05) is 32.0 Å². The van der Waals surface area contributed by atoms with Gasteiger partial charge in [0.2, 0.25) is 0 Å². The van der Waals surface area contributed by atoms with Crippen LogP contribution in [0.1, 0.15) is 61.8 Å². The molecule has 1 fully saturated rings. The average Bonchev–Trinajstić information content (AvgIpc) is 2.63. The molecule has 1 aliphatic heterocycles. The van der Waals surface area contributed by atoms with Crippen LogP contribution in [0.15, 0.2) is 42.7 Å². The van der Waals surface area contributed by atoms with Gasteiger partial charge >= 0.3 is 0 Å². The van der Waals surface area contributed by atoms with Crippen molar-refractivity contribution in [2.75, 3.05) is 19.7 Å². The van der Waals surface area contributed by atoms with Gasteiger partial charge in [0.05, 0.1) is 6.54 Å². The molecule has 0 bridgehead atoms. The van der Waals surface area contributed by atoms with Gasteiger partial charge in [-0.3, -0.25) is 4.98 Å². The van der Waals surface area contributed by atoms with Crippen molar-refractivity contribution in [1.82, 2.24) is 4.98 Å². The molecule has 1 aromatic carbocycles. The van der Waals surface area contributed by atoms with E-state index < -0.39 is 0 Å². The maximum atomic E-state index is 6.23. The van der Waals surface area contributed by atoms with Crippen LogP contribution in [0.5, 0.6) is 5.75 Å². The van der Waals surface area contributed by atoms with Crippen LogP contribution in [0.4, 0.5) is 0 Å². The van der Waals surface area contributed by atoms with Crippen molar-refractivity contribution in [3.8, 4) is 5.75 Å². The first kappa shape index (κ1) is 17.9. The van der Waals surface area contributed by atoms with E-state index in [0.717, 1.165) is 18.9 Å². The molecule has 134 valence electrons. The maximum Gasteiger partial charge on any atom is 0.137 e. The smallest absolute Gasteiger partial charge is 0.137 e. The normalized spacial score (nSPS) is 20.6. The van der Waals surface area contributed by atoms with Gasteiger partial charge in [0, 0.05) is 24.4 Å². The van der Waals surface area contributed by atoms with E-state index >= 15 is 0 Å². The minimum absolute atomic E-state index is 0.487. The summed E-state index contributed by atoms with van der Waals surface area (Å²) >= 11 is 0. The number of ether oxygens (including phenoxy) is 1. The number of hydrogen-bond donors (Lipinski definition) is 1. The summed E-state index contributed by atoms with van der Waals surface area (Å²) in [6.07, 6.45) is 7.78. The van der Waals surface area contributed by atoms with E-state index in [1.54, 1.807) is 4.90 Å². The minimum Gasteiger partial charge on any atom is -0.487 e. The fourth-order valence-electron chi connectivity index (χ4n) is 3.90. The summed E-state index contributed by atoms with van der Waals surface area (Å²) in [5.41, 5.74) is 3.94. The van der Waals surface area contributed by atoms with Gasteiger partial charge in [-0.2, -0.15) is 0 Å². The van der Waals surface area contributed by atoms with Gasteiger partial charge in [0.1, 0.15) is 24.9 Å². The molecular weight excluding hydrogens is 308 g/mol. The highest BCUT2D eigenvalue weighted by molar-refractivity contribution is 5.39. The van der Waals surface area contributed by atoms with Gasteiger partial charge < -0.3 is 9.64 Å². The second-order valence-corrected chi connectivity index (χ2v) is 7.54. The van der Waals surface area contributed by atoms with E-state index in [1.165, 1.54) is 42.5 Å². The highest BCUT2D eigenvalue weighted by Gasteiger charge is 2.27. The van der Waals surface area contributed by atoms with Crippen molar-refractivity contribution in [2.24, 2.45) is 0 Å². The number of nitrogens with zero attached hydrogens (tertiary/aromatic N) is 1. The molecule has 1 aliphatic rings. The molecule has 0 aliphatic carbocycles. The Morgan fingerprint density at radius 1 is 1.24 bits per heavy atom. The van der Waals surface area contributed by atoms with Crippen molar-refractivity contribution >= 4 is 0 Å². The third kappa shape index (κ3) is 4.60. The third-order valence-electron chi connectivity index (χ3n) is 5.29. The van der Waals surface area contributed by atoms with Gasteiger partial charge in [-0.05, 0) is 48.9 Å². The van der Waals surface area contributed by atoms with Crippen molar-refractivity contribution in [3.63, 3.8) is 0 Å². The summed E-state index contributed by atoms with van der Waals surface area (Å²) in [7, 11) is 0. The molecule has 1 N–H and O–H groups in total. The zero-order chi connectivity index (χ0) is 17.6. The van der Waals surface area contributed by atoms with Crippen LogP contribution in [0, 0.1) is 6.92 Å². The quantitative estimate of drug-likeness (QED) is 0.868. The Morgan fingerprint density at radius 3 is 2.88 bits per heavy atom. The Kier molecular flexibility index (Phi) is 6.09. The van der Waals surface area contributed by atoms with E-state index in [0.29, 0.717) is 12.0 Å². The van der Waals surface area contributed by atoms with Crippen molar-refractivity contribution in [1.29, 1.82) is 0 Å². The molecule has 0 spiro atoms. The van der Waals surface area contributed by atoms with Crippen LogP contribution in [0.3, 0.4) is 0 Å². The number of pyridine rings is 1. The van der Waals surface area contributed by atoms with E-state index in [4.69, 9.17) is 4.74 Å². The van der Waals surface area contributed by atoms with Gasteiger partial charge in [-0.25, -0.2) is 0 Å². The van der Waals surface area contributed by atoms with Crippen LogP contribution in [0.2, 0.25) is 0 Å². The number of rotatable bonds is 6. The summed E-state index contributed by atoms with van der Waals surface area (Å²) in [6, 6.07) is 11.4. The lowest BCUT2D eigenvalue weighted by molar-refractivity contribution is -0.937. The molecule has 1 saturated heterocycles. The second kappa shape index (κ2) is 8.48. The summed E-state index contributed by atoms with van der Waals surface area (Å²) < 4.78 is 6.23. The molecule has 2 atom stereocenters. The van der Waals surface area contributed by atoms with E-state index in [9.17, 15) is 0 Å². The lowest BCUT2D eigenvalue weighted by Crippen LogP contribution is -3.13. The Hall–Kier alpha value is -1.87. The zero-order valence-electron chi connectivity index (χ0n) is 15.8. The Labute approximate surface area is 152 Å². The van der Waals surface area contributed by atoms with Crippen LogP contribution < -0.4 is 9.64 Å². The van der Waals surface area contributed by atoms with Crippen molar-refractivity contribution in [2.45, 2.75) is 52.0 Å². The maximum absolute atomic E-state index is 6.23. The van der Waals surface area contributed by atoms with Gasteiger partial charge in [0.15, 0.2) is 0 Å². The molecule has 0 saturated carbocycles. The first-order valence-electron chi connectivity index (χ1n) is 9.63. The molecular formula is C22H31N2O+. The molecule has 1 unspecified atom stereocenters. The standard InChI is InChI=1S/C22H30N2O/c1-17(2)20-10-9-18(3)15-22(20)25-14-13-24-12-5-4-8-21(24)19-7-6-11-23-16-19/h6-7,9-11,15-17,21H,4-5,8,12-14H2,1-3H3/p+1/t21-/m0/s1. The number of piperidine rings is 1. The lowest BCUT2D eigenvalue weighted by Gasteiger charge is -2.32. The monoisotopic (exact) mass is 339 g/mol. The second-order valence-electron chi connectivity index (χ2n) is 7.54. The molecule has 25 heavy (non-hydrogen) atoms. The largest absolute Gasteiger partial charge is 0.487 e. The number of likely N-dealkylation sites (tertiary alicyclic amines) is 1. The number of quaternary nitrogens is 1. The first-order chi connectivity index (χ1) is 12.1. The van der Waals surface area contributed by atoms with Crippen LogP contribution >= 0.6 is 0 Å². The summed E-state index contributed by atoms with van der Waals surface area (Å²) in [4.78, 5) is 5.96. The van der Waals surface area contributed by atoms with Crippen LogP contribution in [0.25, 0.3) is 0 Å². The SMILES string of the molecule is Cc1ccc(C(C)C)c(OCC[NH+]2CCCC[C@H]2c2cccnc2)c1. The van der Waals surface area contributed by atoms with Crippen LogP contribution in [-0.4, -0.2) is 24.7 Å². The molecule has 1 aromatic heterocycles. The van der Waals surface area contributed by atoms with E-state index in [1.807, 2.05) is 12.4 Å². The number of aromatic nitrogens is 1. The molecule has 0 radical (unpaired) electrons. The van der Waals surface area contributed by atoms with E-state index in [2.05, 4.69) is 56.1 Å². The Bertz CT molecular complexity index is 669. The third-order valence-corrected chi connectivity index (χ3v) is 5.29. The molecule has 3 rings (SSSR count). The van der Waals surface area contributed by atoms with Crippen molar-refractivity contribution < 1.29 is 9.64 Å². The Balaban J connectivity index is 1.64. The van der Waals surface area contributed by atoms with Crippen LogP contribution in [-0.2, 0) is 0 Å². The highest BCUT2D eigenvalue weighted by Crippen LogP contribution is 2.27. The van der Waals surface area contributed by atoms with Gasteiger partial charge in [-0.15, -0.1) is 0 Å². The number of hydrogen-bond acceptors (Lipinski definition) is 2. The highest BCUT2D eigenvalue weighted by atomic mass is 16.5. The Morgan fingerprint density at radius 2 is 2.12 bits per heavy atom. The zero-order valence-corrected chi connectivity index (χ0v) is 15.8.